The van der Waals surface area contributed by atoms with Crippen molar-refractivity contribution in [3.8, 4) is 17.6 Å². The van der Waals surface area contributed by atoms with Gasteiger partial charge in [-0.15, -0.1) is 0 Å². The molecule has 2 aromatic carbocycles. The Morgan fingerprint density at radius 1 is 1.20 bits per heavy atom. The minimum Gasteiger partial charge on any atom is -0.490 e. The second kappa shape index (κ2) is 8.64. The molecule has 0 aliphatic heterocycles. The summed E-state index contributed by atoms with van der Waals surface area (Å²) in [7, 11) is 0. The maximum absolute atomic E-state index is 12.4. The van der Waals surface area contributed by atoms with Crippen LogP contribution in [0.15, 0.2) is 42.5 Å². The number of nitriles is 1. The minimum absolute atomic E-state index is 0.0693. The zero-order chi connectivity index (χ0) is 18.2. The molecule has 25 heavy (non-hydrogen) atoms. The van der Waals surface area contributed by atoms with Gasteiger partial charge in [0.05, 0.1) is 19.1 Å². The van der Waals surface area contributed by atoms with Crippen molar-refractivity contribution in [2.45, 2.75) is 20.0 Å². The van der Waals surface area contributed by atoms with Gasteiger partial charge in [-0.1, -0.05) is 12.1 Å². The van der Waals surface area contributed by atoms with Crippen molar-refractivity contribution in [1.82, 2.24) is 0 Å². The predicted octanol–water partition coefficient (Wildman–Crippen LogP) is 4.01. The molecule has 0 spiro atoms. The highest BCUT2D eigenvalue weighted by molar-refractivity contribution is 6.04. The van der Waals surface area contributed by atoms with Crippen LogP contribution in [0.5, 0.6) is 11.5 Å². The van der Waals surface area contributed by atoms with E-state index in [1.165, 1.54) is 18.2 Å². The number of amides is 1. The molecule has 7 heteroatoms. The van der Waals surface area contributed by atoms with E-state index < -0.39 is 12.5 Å². The summed E-state index contributed by atoms with van der Waals surface area (Å²) in [6.07, 6.45) is 0.289. The van der Waals surface area contributed by atoms with Crippen molar-refractivity contribution >= 4 is 11.6 Å². The lowest BCUT2D eigenvalue weighted by Gasteiger charge is -2.13. The van der Waals surface area contributed by atoms with Gasteiger partial charge in [0.1, 0.15) is 0 Å². The average molecular weight is 346 g/mol. The van der Waals surface area contributed by atoms with Gasteiger partial charge in [0.25, 0.3) is 5.91 Å². The summed E-state index contributed by atoms with van der Waals surface area (Å²) in [5.74, 6) is -0.480. The fourth-order valence-corrected chi connectivity index (χ4v) is 2.11. The number of alkyl halides is 2. The van der Waals surface area contributed by atoms with Gasteiger partial charge in [-0.2, -0.15) is 14.0 Å². The van der Waals surface area contributed by atoms with Gasteiger partial charge in [-0.05, 0) is 42.8 Å². The highest BCUT2D eigenvalue weighted by atomic mass is 19.3. The molecular formula is C18H16F2N2O3. The monoisotopic (exact) mass is 346 g/mol. The molecule has 0 bridgehead atoms. The van der Waals surface area contributed by atoms with Gasteiger partial charge < -0.3 is 14.8 Å². The van der Waals surface area contributed by atoms with Crippen molar-refractivity contribution in [1.29, 1.82) is 5.26 Å². The molecule has 0 aromatic heterocycles. The maximum Gasteiger partial charge on any atom is 0.387 e. The SMILES string of the molecule is CCOc1cc(C(=O)Nc2ccc(CC#N)cc2)ccc1OC(F)F. The van der Waals surface area contributed by atoms with Crippen LogP contribution < -0.4 is 14.8 Å². The molecule has 0 radical (unpaired) electrons. The Bertz CT molecular complexity index is 771. The molecular weight excluding hydrogens is 330 g/mol. The van der Waals surface area contributed by atoms with E-state index in [1.54, 1.807) is 31.2 Å². The van der Waals surface area contributed by atoms with Crippen molar-refractivity contribution < 1.29 is 23.0 Å². The predicted molar refractivity (Wildman–Crippen MR) is 88.0 cm³/mol. The Hall–Kier alpha value is -3.14. The number of halogens is 2. The number of nitrogens with zero attached hydrogens (tertiary/aromatic N) is 1. The third-order valence-electron chi connectivity index (χ3n) is 3.22. The first-order valence-corrected chi connectivity index (χ1v) is 7.52. The van der Waals surface area contributed by atoms with Crippen LogP contribution in [0.25, 0.3) is 0 Å². The first kappa shape index (κ1) is 18.2. The molecule has 1 amide bonds. The molecule has 0 aliphatic rings. The van der Waals surface area contributed by atoms with Crippen molar-refractivity contribution in [2.75, 3.05) is 11.9 Å². The molecule has 0 saturated heterocycles. The molecule has 0 aliphatic carbocycles. The van der Waals surface area contributed by atoms with E-state index in [0.29, 0.717) is 5.69 Å². The van der Waals surface area contributed by atoms with E-state index in [4.69, 9.17) is 10.00 Å². The Morgan fingerprint density at radius 2 is 1.92 bits per heavy atom. The van der Waals surface area contributed by atoms with E-state index in [2.05, 4.69) is 10.1 Å². The minimum atomic E-state index is -2.98. The summed E-state index contributed by atoms with van der Waals surface area (Å²) in [4.78, 5) is 12.3. The van der Waals surface area contributed by atoms with Crippen molar-refractivity contribution in [2.24, 2.45) is 0 Å². The van der Waals surface area contributed by atoms with E-state index in [-0.39, 0.29) is 30.1 Å². The molecule has 0 fully saturated rings. The molecule has 0 atom stereocenters. The third kappa shape index (κ3) is 5.18. The van der Waals surface area contributed by atoms with E-state index in [0.717, 1.165) is 5.56 Å². The first-order chi connectivity index (χ1) is 12.0. The standard InChI is InChI=1S/C18H16F2N2O3/c1-2-24-16-11-13(5-8-15(16)25-18(19)20)17(23)22-14-6-3-12(4-7-14)9-10-21/h3-8,11,18H,2,9H2,1H3,(H,22,23). The number of carbonyl (C=O) groups excluding carboxylic acids is 1. The number of ether oxygens (including phenoxy) is 2. The highest BCUT2D eigenvalue weighted by Gasteiger charge is 2.14. The summed E-state index contributed by atoms with van der Waals surface area (Å²) >= 11 is 0. The lowest BCUT2D eigenvalue weighted by molar-refractivity contribution is -0.0514. The smallest absolute Gasteiger partial charge is 0.387 e. The van der Waals surface area contributed by atoms with Crippen LogP contribution in [0, 0.1) is 11.3 Å². The van der Waals surface area contributed by atoms with Crippen LogP contribution in [0.1, 0.15) is 22.8 Å². The number of benzene rings is 2. The Labute approximate surface area is 143 Å². The summed E-state index contributed by atoms with van der Waals surface area (Å²) < 4.78 is 34.4. The van der Waals surface area contributed by atoms with Crippen LogP contribution >= 0.6 is 0 Å². The van der Waals surface area contributed by atoms with Gasteiger partial charge in [-0.25, -0.2) is 0 Å². The van der Waals surface area contributed by atoms with E-state index in [1.807, 2.05) is 6.07 Å². The average Bonchev–Trinajstić information content (AvgIpc) is 2.58. The van der Waals surface area contributed by atoms with E-state index >= 15 is 0 Å². The van der Waals surface area contributed by atoms with Crippen LogP contribution in [0.2, 0.25) is 0 Å². The van der Waals surface area contributed by atoms with Crippen molar-refractivity contribution in [3.63, 3.8) is 0 Å². The lowest BCUT2D eigenvalue weighted by Crippen LogP contribution is -2.13. The number of nitrogens with one attached hydrogen (secondary N) is 1. The molecule has 0 saturated carbocycles. The van der Waals surface area contributed by atoms with Gasteiger partial charge in [0.15, 0.2) is 11.5 Å². The van der Waals surface area contributed by atoms with Crippen LogP contribution in [0.3, 0.4) is 0 Å². The molecule has 0 unspecified atom stereocenters. The van der Waals surface area contributed by atoms with Gasteiger partial charge in [-0.3, -0.25) is 4.79 Å². The van der Waals surface area contributed by atoms with Crippen LogP contribution in [0.4, 0.5) is 14.5 Å². The molecule has 0 heterocycles. The Kier molecular flexibility index (Phi) is 6.29. The molecule has 2 rings (SSSR count). The van der Waals surface area contributed by atoms with Gasteiger partial charge in [0, 0.05) is 11.3 Å². The number of rotatable bonds is 7. The summed E-state index contributed by atoms with van der Waals surface area (Å²) in [5, 5.41) is 11.3. The fourth-order valence-electron chi connectivity index (χ4n) is 2.11. The number of hydrogen-bond acceptors (Lipinski definition) is 4. The lowest BCUT2D eigenvalue weighted by atomic mass is 10.1. The van der Waals surface area contributed by atoms with Crippen molar-refractivity contribution in [3.05, 3.63) is 53.6 Å². The zero-order valence-electron chi connectivity index (χ0n) is 13.5. The highest BCUT2D eigenvalue weighted by Crippen LogP contribution is 2.30. The first-order valence-electron chi connectivity index (χ1n) is 7.52. The van der Waals surface area contributed by atoms with Crippen LogP contribution in [-0.2, 0) is 6.42 Å². The van der Waals surface area contributed by atoms with Gasteiger partial charge >= 0.3 is 6.61 Å². The molecule has 130 valence electrons. The topological polar surface area (TPSA) is 71.3 Å². The summed E-state index contributed by atoms with van der Waals surface area (Å²) in [5.41, 5.74) is 1.64. The quantitative estimate of drug-likeness (QED) is 0.822. The summed E-state index contributed by atoms with van der Waals surface area (Å²) in [6, 6.07) is 12.9. The molecule has 1 N–H and O–H groups in total. The number of hydrogen-bond donors (Lipinski definition) is 1. The number of carbonyl (C=O) groups is 1. The maximum atomic E-state index is 12.4. The normalized spacial score (nSPS) is 10.2. The molecule has 2 aromatic rings. The Morgan fingerprint density at radius 3 is 2.52 bits per heavy atom. The van der Waals surface area contributed by atoms with E-state index in [9.17, 15) is 13.6 Å². The summed E-state index contributed by atoms with van der Waals surface area (Å²) in [6.45, 7) is -1.04. The van der Waals surface area contributed by atoms with Gasteiger partial charge in [0.2, 0.25) is 0 Å². The Balaban J connectivity index is 2.15. The zero-order valence-corrected chi connectivity index (χ0v) is 13.5. The molecule has 5 nitrogen and oxygen atoms in total. The van der Waals surface area contributed by atoms with Crippen LogP contribution in [-0.4, -0.2) is 19.1 Å². The second-order valence-electron chi connectivity index (χ2n) is 4.96. The largest absolute Gasteiger partial charge is 0.490 e. The fraction of sp³-hybridized carbons (Fsp3) is 0.222. The third-order valence-corrected chi connectivity index (χ3v) is 3.22. The second-order valence-corrected chi connectivity index (χ2v) is 4.96. The number of anilines is 1.